The van der Waals surface area contributed by atoms with Gasteiger partial charge in [-0.2, -0.15) is 0 Å². The normalized spacial score (nSPS) is 9.67. The van der Waals surface area contributed by atoms with Gasteiger partial charge in [-0.05, 0) is 17.3 Å². The van der Waals surface area contributed by atoms with Crippen molar-refractivity contribution in [3.8, 4) is 0 Å². The zero-order valence-corrected chi connectivity index (χ0v) is 6.24. The highest BCUT2D eigenvalue weighted by Gasteiger charge is 1.94. The maximum Gasteiger partial charge on any atom is 0.123 e. The minimum absolute atomic E-state index is 0.334. The van der Waals surface area contributed by atoms with E-state index in [9.17, 15) is 4.39 Å². The third-order valence-corrected chi connectivity index (χ3v) is 1.57. The van der Waals surface area contributed by atoms with Gasteiger partial charge in [-0.1, -0.05) is 17.7 Å². The van der Waals surface area contributed by atoms with Crippen molar-refractivity contribution >= 4 is 27.0 Å². The Morgan fingerprint density at radius 1 is 1.44 bits per heavy atom. The van der Waals surface area contributed by atoms with Crippen LogP contribution >= 0.6 is 11.6 Å². The van der Waals surface area contributed by atoms with Crippen molar-refractivity contribution in [3.63, 3.8) is 0 Å². The summed E-state index contributed by atoms with van der Waals surface area (Å²) in [5, 5.41) is 0.842. The van der Waals surface area contributed by atoms with Crippen LogP contribution in [0, 0.1) is 5.82 Å². The maximum atomic E-state index is 12.4. The van der Waals surface area contributed by atoms with Gasteiger partial charge >= 0.3 is 0 Å². The van der Waals surface area contributed by atoms with Crippen LogP contribution < -0.4 is 5.19 Å². The Balaban J connectivity index is 3.17. The van der Waals surface area contributed by atoms with Gasteiger partial charge in [0.25, 0.3) is 0 Å². The second kappa shape index (κ2) is 2.50. The van der Waals surface area contributed by atoms with Gasteiger partial charge in [-0.25, -0.2) is 4.39 Å². The van der Waals surface area contributed by atoms with Crippen molar-refractivity contribution < 1.29 is 4.39 Å². The average molecular weight is 158 g/mol. The molecule has 0 heterocycles. The fourth-order valence-corrected chi connectivity index (χ4v) is 0.804. The highest BCUT2D eigenvalue weighted by atomic mass is 35.5. The summed E-state index contributed by atoms with van der Waals surface area (Å²) in [5.74, 6) is -0.334. The van der Waals surface area contributed by atoms with E-state index in [2.05, 4.69) is 10.2 Å². The van der Waals surface area contributed by atoms with Crippen LogP contribution in [-0.4, -0.2) is 10.2 Å². The number of rotatable bonds is 0. The smallest absolute Gasteiger partial charge is 0.123 e. The molecule has 1 aromatic carbocycles. The predicted molar refractivity (Wildman–Crippen MR) is 36.8 cm³/mol. The highest BCUT2D eigenvalue weighted by molar-refractivity contribution is 6.34. The molecule has 45 valence electrons. The molecule has 3 radical (unpaired) electrons. The SMILES string of the molecule is Fc1cc(Cl)ccc1[Si]. The molecule has 0 unspecified atom stereocenters. The molecule has 0 nitrogen and oxygen atoms in total. The molecular weight excluding hydrogens is 155 g/mol. The maximum absolute atomic E-state index is 12.4. The summed E-state index contributed by atoms with van der Waals surface area (Å²) in [6.07, 6.45) is 0. The number of benzene rings is 1. The molecule has 0 bridgehead atoms. The third-order valence-electron chi connectivity index (χ3n) is 0.931. The molecule has 0 spiro atoms. The molecule has 3 heteroatoms. The zero-order valence-electron chi connectivity index (χ0n) is 4.49. The standard InChI is InChI=1S/C6H3ClFSi/c7-4-1-2-6(9)5(8)3-4/h1-3H. The van der Waals surface area contributed by atoms with Gasteiger partial charge in [-0.3, -0.25) is 0 Å². The Labute approximate surface area is 61.1 Å². The van der Waals surface area contributed by atoms with Crippen molar-refractivity contribution in [2.45, 2.75) is 0 Å². The van der Waals surface area contributed by atoms with Crippen LogP contribution in [0.2, 0.25) is 5.02 Å². The fraction of sp³-hybridized carbons (Fsp3) is 0. The number of hydrogen-bond acceptors (Lipinski definition) is 0. The first kappa shape index (κ1) is 6.77. The van der Waals surface area contributed by atoms with E-state index in [0.29, 0.717) is 10.2 Å². The Morgan fingerprint density at radius 2 is 2.11 bits per heavy atom. The van der Waals surface area contributed by atoms with E-state index >= 15 is 0 Å². The van der Waals surface area contributed by atoms with Gasteiger partial charge in [-0.15, -0.1) is 0 Å². The number of hydrogen-bond donors (Lipinski definition) is 0. The van der Waals surface area contributed by atoms with Crippen LogP contribution in [-0.2, 0) is 0 Å². The fourth-order valence-electron chi connectivity index (χ4n) is 0.489. The Hall–Kier alpha value is -0.343. The topological polar surface area (TPSA) is 0 Å². The molecule has 0 N–H and O–H groups in total. The largest absolute Gasteiger partial charge is 0.207 e. The van der Waals surface area contributed by atoms with Crippen LogP contribution in [0.1, 0.15) is 0 Å². The summed E-state index contributed by atoms with van der Waals surface area (Å²) in [6.45, 7) is 0. The molecule has 0 aliphatic rings. The van der Waals surface area contributed by atoms with E-state index in [1.807, 2.05) is 0 Å². The summed E-state index contributed by atoms with van der Waals surface area (Å²) in [7, 11) is 3.04. The number of halogens is 2. The zero-order chi connectivity index (χ0) is 6.85. The summed E-state index contributed by atoms with van der Waals surface area (Å²) >= 11 is 5.46. The van der Waals surface area contributed by atoms with Crippen molar-refractivity contribution in [2.75, 3.05) is 0 Å². The lowest BCUT2D eigenvalue weighted by Crippen LogP contribution is -2.06. The molecule has 0 fully saturated rings. The summed E-state index contributed by atoms with van der Waals surface area (Å²) in [6, 6.07) is 4.44. The van der Waals surface area contributed by atoms with Gasteiger partial charge in [0, 0.05) is 5.02 Å². The predicted octanol–water partition coefficient (Wildman–Crippen LogP) is 1.27. The van der Waals surface area contributed by atoms with Crippen LogP contribution in [0.3, 0.4) is 0 Å². The van der Waals surface area contributed by atoms with E-state index in [1.165, 1.54) is 6.07 Å². The second-order valence-corrected chi connectivity index (χ2v) is 2.60. The van der Waals surface area contributed by atoms with Crippen molar-refractivity contribution in [3.05, 3.63) is 29.0 Å². The van der Waals surface area contributed by atoms with Crippen LogP contribution in [0.5, 0.6) is 0 Å². The molecule has 0 aromatic heterocycles. The quantitative estimate of drug-likeness (QED) is 0.498. The lowest BCUT2D eigenvalue weighted by molar-refractivity contribution is 0.636. The summed E-state index contributed by atoms with van der Waals surface area (Å²) in [4.78, 5) is 0. The van der Waals surface area contributed by atoms with Crippen molar-refractivity contribution in [1.82, 2.24) is 0 Å². The monoisotopic (exact) mass is 157 g/mol. The van der Waals surface area contributed by atoms with Gasteiger partial charge in [0.15, 0.2) is 0 Å². The minimum Gasteiger partial charge on any atom is -0.207 e. The van der Waals surface area contributed by atoms with Crippen molar-refractivity contribution in [1.29, 1.82) is 0 Å². The average Bonchev–Trinajstić information content (AvgIpc) is 1.80. The lowest BCUT2D eigenvalue weighted by Gasteiger charge is -1.93. The Morgan fingerprint density at radius 3 is 2.56 bits per heavy atom. The van der Waals surface area contributed by atoms with Crippen LogP contribution in [0.4, 0.5) is 4.39 Å². The molecule has 0 atom stereocenters. The third kappa shape index (κ3) is 1.53. The van der Waals surface area contributed by atoms with E-state index in [-0.39, 0.29) is 5.82 Å². The molecule has 0 saturated heterocycles. The molecule has 1 aromatic rings. The molecular formula is C6H3ClFSi. The van der Waals surface area contributed by atoms with Crippen molar-refractivity contribution in [2.24, 2.45) is 0 Å². The summed E-state index contributed by atoms with van der Waals surface area (Å²) in [5.41, 5.74) is 0. The Kier molecular flexibility index (Phi) is 1.88. The first-order chi connectivity index (χ1) is 4.20. The molecule has 0 saturated carbocycles. The minimum atomic E-state index is -0.334. The molecule has 0 aliphatic carbocycles. The van der Waals surface area contributed by atoms with E-state index in [1.54, 1.807) is 12.1 Å². The van der Waals surface area contributed by atoms with E-state index < -0.39 is 0 Å². The lowest BCUT2D eigenvalue weighted by atomic mass is 10.3. The molecule has 0 amide bonds. The van der Waals surface area contributed by atoms with E-state index in [4.69, 9.17) is 11.6 Å². The first-order valence-electron chi connectivity index (χ1n) is 2.37. The first-order valence-corrected chi connectivity index (χ1v) is 3.24. The van der Waals surface area contributed by atoms with Gasteiger partial charge in [0.05, 0.1) is 10.2 Å². The molecule has 9 heavy (non-hydrogen) atoms. The Bertz CT molecular complexity index is 224. The van der Waals surface area contributed by atoms with Crippen LogP contribution in [0.15, 0.2) is 18.2 Å². The second-order valence-electron chi connectivity index (χ2n) is 1.62. The van der Waals surface area contributed by atoms with Gasteiger partial charge in [0.1, 0.15) is 5.82 Å². The highest BCUT2D eigenvalue weighted by Crippen LogP contribution is 2.06. The van der Waals surface area contributed by atoms with Gasteiger partial charge < -0.3 is 0 Å². The molecule has 1 rings (SSSR count). The molecule has 0 aliphatic heterocycles. The summed E-state index contributed by atoms with van der Waals surface area (Å²) < 4.78 is 12.4. The van der Waals surface area contributed by atoms with E-state index in [0.717, 1.165) is 0 Å². The van der Waals surface area contributed by atoms with Crippen LogP contribution in [0.25, 0.3) is 0 Å². The van der Waals surface area contributed by atoms with Gasteiger partial charge in [0.2, 0.25) is 0 Å².